The number of nitrogens with zero attached hydrogens (tertiary/aromatic N) is 1. The lowest BCUT2D eigenvalue weighted by atomic mass is 10.1. The van der Waals surface area contributed by atoms with Crippen LogP contribution < -0.4 is 9.47 Å². The molecule has 1 amide bonds. The van der Waals surface area contributed by atoms with E-state index in [0.717, 1.165) is 29.7 Å². The molecule has 5 heteroatoms. The highest BCUT2D eigenvalue weighted by atomic mass is 16.5. The van der Waals surface area contributed by atoms with Crippen LogP contribution in [0.25, 0.3) is 0 Å². The zero-order valence-corrected chi connectivity index (χ0v) is 13.4. The Morgan fingerprint density at radius 2 is 1.74 bits per heavy atom. The van der Waals surface area contributed by atoms with Crippen LogP contribution in [0.15, 0.2) is 42.5 Å². The van der Waals surface area contributed by atoms with Crippen LogP contribution in [-0.2, 0) is 17.8 Å². The molecule has 0 unspecified atom stereocenters. The highest BCUT2D eigenvalue weighted by Crippen LogP contribution is 2.26. The fraction of sp³-hybridized carbons (Fsp3) is 0.278. The first-order chi connectivity index (χ1) is 11.2. The number of benzene rings is 2. The van der Waals surface area contributed by atoms with Gasteiger partial charge in [-0.05, 0) is 41.8 Å². The van der Waals surface area contributed by atoms with Gasteiger partial charge in [0.1, 0.15) is 5.75 Å². The van der Waals surface area contributed by atoms with Gasteiger partial charge in [0, 0.05) is 13.1 Å². The van der Waals surface area contributed by atoms with E-state index in [1.807, 2.05) is 30.3 Å². The molecule has 0 heterocycles. The number of methoxy groups -OCH3 is 2. The highest BCUT2D eigenvalue weighted by Gasteiger charge is 2.07. The second kappa shape index (κ2) is 8.08. The molecule has 0 radical (unpaired) electrons. The summed E-state index contributed by atoms with van der Waals surface area (Å²) in [5, 5.41) is 9.79. The maximum absolute atomic E-state index is 11.3. The number of rotatable bonds is 8. The Balaban J connectivity index is 1.94. The predicted molar refractivity (Wildman–Crippen MR) is 87.8 cm³/mol. The third kappa shape index (κ3) is 4.64. The van der Waals surface area contributed by atoms with Crippen LogP contribution in [0.2, 0.25) is 0 Å². The fourth-order valence-corrected chi connectivity index (χ4v) is 2.30. The molecule has 0 saturated heterocycles. The summed E-state index contributed by atoms with van der Waals surface area (Å²) in [4.78, 5) is 12.9. The number of carbonyl (C=O) groups is 1. The quantitative estimate of drug-likeness (QED) is 0.761. The molecule has 0 bridgehead atoms. The van der Waals surface area contributed by atoms with E-state index in [9.17, 15) is 9.90 Å². The number of amides is 1. The first kappa shape index (κ1) is 16.7. The van der Waals surface area contributed by atoms with Gasteiger partial charge < -0.3 is 19.5 Å². The summed E-state index contributed by atoms with van der Waals surface area (Å²) in [7, 11) is 3.13. The Morgan fingerprint density at radius 1 is 1.04 bits per heavy atom. The molecule has 0 aromatic heterocycles. The van der Waals surface area contributed by atoms with Crippen molar-refractivity contribution in [3.63, 3.8) is 0 Å². The van der Waals surface area contributed by atoms with Gasteiger partial charge in [0.2, 0.25) is 6.41 Å². The van der Waals surface area contributed by atoms with E-state index < -0.39 is 0 Å². The second-order valence-electron chi connectivity index (χ2n) is 5.18. The van der Waals surface area contributed by atoms with Crippen molar-refractivity contribution < 1.29 is 19.4 Å². The molecule has 1 N–H and O–H groups in total. The Bertz CT molecular complexity index is 640. The van der Waals surface area contributed by atoms with Gasteiger partial charge >= 0.3 is 0 Å². The summed E-state index contributed by atoms with van der Waals surface area (Å²) in [6.07, 6.45) is 1.58. The van der Waals surface area contributed by atoms with Crippen LogP contribution in [0.3, 0.4) is 0 Å². The Kier molecular flexibility index (Phi) is 5.86. The van der Waals surface area contributed by atoms with Crippen molar-refractivity contribution in [2.24, 2.45) is 0 Å². The van der Waals surface area contributed by atoms with Crippen LogP contribution in [0.5, 0.6) is 17.2 Å². The van der Waals surface area contributed by atoms with Gasteiger partial charge in [-0.1, -0.05) is 18.2 Å². The predicted octanol–water partition coefficient (Wildman–Crippen LogP) is 2.61. The van der Waals surface area contributed by atoms with E-state index in [4.69, 9.17) is 9.47 Å². The lowest BCUT2D eigenvalue weighted by molar-refractivity contribution is -0.118. The lowest BCUT2D eigenvalue weighted by Gasteiger charge is -2.18. The van der Waals surface area contributed by atoms with Crippen LogP contribution in [0.1, 0.15) is 11.1 Å². The molecule has 2 aromatic rings. The molecule has 0 atom stereocenters. The third-order valence-electron chi connectivity index (χ3n) is 3.62. The van der Waals surface area contributed by atoms with Crippen LogP contribution in [0, 0.1) is 0 Å². The maximum Gasteiger partial charge on any atom is 0.210 e. The van der Waals surface area contributed by atoms with Crippen LogP contribution >= 0.6 is 0 Å². The summed E-state index contributed by atoms with van der Waals surface area (Å²) >= 11 is 0. The Labute approximate surface area is 136 Å². The molecule has 0 aliphatic rings. The van der Waals surface area contributed by atoms with E-state index >= 15 is 0 Å². The maximum atomic E-state index is 11.3. The summed E-state index contributed by atoms with van der Waals surface area (Å²) in [6.45, 7) is 1.04. The van der Waals surface area contributed by atoms with Gasteiger partial charge in [-0.25, -0.2) is 0 Å². The monoisotopic (exact) mass is 315 g/mol. The van der Waals surface area contributed by atoms with Crippen molar-refractivity contribution in [3.8, 4) is 17.2 Å². The van der Waals surface area contributed by atoms with E-state index in [1.165, 1.54) is 7.11 Å². The molecule has 5 nitrogen and oxygen atoms in total. The number of hydrogen-bond donors (Lipinski definition) is 1. The van der Waals surface area contributed by atoms with Crippen molar-refractivity contribution >= 4 is 6.41 Å². The smallest absolute Gasteiger partial charge is 0.210 e. The molecule has 0 fully saturated rings. The second-order valence-corrected chi connectivity index (χ2v) is 5.18. The SMILES string of the molecule is COc1ccc(CCN(C=O)Cc2ccc(OC)c(O)c2)cc1. The third-order valence-corrected chi connectivity index (χ3v) is 3.62. The van der Waals surface area contributed by atoms with Gasteiger partial charge in [0.05, 0.1) is 14.2 Å². The molecule has 0 spiro atoms. The minimum absolute atomic E-state index is 0.0750. The molecule has 0 saturated carbocycles. The van der Waals surface area contributed by atoms with Gasteiger partial charge in [-0.3, -0.25) is 4.79 Å². The Morgan fingerprint density at radius 3 is 2.30 bits per heavy atom. The summed E-state index contributed by atoms with van der Waals surface area (Å²) < 4.78 is 10.1. The zero-order chi connectivity index (χ0) is 16.7. The molecule has 0 aliphatic carbocycles. The molecule has 2 aromatic carbocycles. The number of phenolic OH excluding ortho intramolecular Hbond substituents is 1. The minimum atomic E-state index is 0.0750. The fourth-order valence-electron chi connectivity index (χ4n) is 2.30. The Hall–Kier alpha value is -2.69. The van der Waals surface area contributed by atoms with E-state index in [-0.39, 0.29) is 5.75 Å². The number of carbonyl (C=O) groups excluding carboxylic acids is 1. The van der Waals surface area contributed by atoms with Gasteiger partial charge in [-0.15, -0.1) is 0 Å². The van der Waals surface area contributed by atoms with Gasteiger partial charge in [0.25, 0.3) is 0 Å². The molecule has 0 aliphatic heterocycles. The highest BCUT2D eigenvalue weighted by molar-refractivity contribution is 5.48. The first-order valence-corrected chi connectivity index (χ1v) is 7.34. The number of aromatic hydroxyl groups is 1. The largest absolute Gasteiger partial charge is 0.504 e. The molecule has 2 rings (SSSR count). The summed E-state index contributed by atoms with van der Waals surface area (Å²) in [5.74, 6) is 1.31. The number of phenols is 1. The molecular weight excluding hydrogens is 294 g/mol. The zero-order valence-electron chi connectivity index (χ0n) is 13.4. The number of ether oxygens (including phenoxy) is 2. The van der Waals surface area contributed by atoms with Crippen LogP contribution in [-0.4, -0.2) is 37.2 Å². The normalized spacial score (nSPS) is 10.2. The van der Waals surface area contributed by atoms with E-state index in [0.29, 0.717) is 18.8 Å². The van der Waals surface area contributed by atoms with Gasteiger partial charge in [0.15, 0.2) is 11.5 Å². The van der Waals surface area contributed by atoms with E-state index in [1.54, 1.807) is 24.1 Å². The lowest BCUT2D eigenvalue weighted by Crippen LogP contribution is -2.24. The minimum Gasteiger partial charge on any atom is -0.504 e. The van der Waals surface area contributed by atoms with Crippen molar-refractivity contribution in [1.82, 2.24) is 4.90 Å². The average molecular weight is 315 g/mol. The molecule has 122 valence electrons. The van der Waals surface area contributed by atoms with Crippen molar-refractivity contribution in [2.75, 3.05) is 20.8 Å². The summed E-state index contributed by atoms with van der Waals surface area (Å²) in [5.41, 5.74) is 1.99. The molecule has 23 heavy (non-hydrogen) atoms. The van der Waals surface area contributed by atoms with Crippen LogP contribution in [0.4, 0.5) is 0 Å². The van der Waals surface area contributed by atoms with E-state index in [2.05, 4.69) is 0 Å². The topological polar surface area (TPSA) is 59.0 Å². The van der Waals surface area contributed by atoms with Crippen molar-refractivity contribution in [3.05, 3.63) is 53.6 Å². The first-order valence-electron chi connectivity index (χ1n) is 7.34. The summed E-state index contributed by atoms with van der Waals surface area (Å²) in [6, 6.07) is 12.9. The average Bonchev–Trinajstić information content (AvgIpc) is 2.59. The number of hydrogen-bond acceptors (Lipinski definition) is 4. The van der Waals surface area contributed by atoms with Gasteiger partial charge in [-0.2, -0.15) is 0 Å². The standard InChI is InChI=1S/C18H21NO4/c1-22-16-6-3-14(4-7-16)9-10-19(13-20)12-15-5-8-18(23-2)17(21)11-15/h3-8,11,13,21H,9-10,12H2,1-2H3. The molecular formula is C18H21NO4. The van der Waals surface area contributed by atoms with Crippen molar-refractivity contribution in [2.45, 2.75) is 13.0 Å². The van der Waals surface area contributed by atoms with Crippen molar-refractivity contribution in [1.29, 1.82) is 0 Å².